The molecule has 2 rings (SSSR count). The standard InChI is InChI=1S/C14H22BrN3/c1-3-17-4-5-18(10-11(17)2)14-7-12(9-16)6-13(15)8-14/h6-8,11H,3-5,9-10,16H2,1-2H3. The van der Waals surface area contributed by atoms with Crippen molar-refractivity contribution < 1.29 is 0 Å². The van der Waals surface area contributed by atoms with Crippen molar-refractivity contribution in [2.24, 2.45) is 5.73 Å². The number of likely N-dealkylation sites (N-methyl/N-ethyl adjacent to an activating group) is 1. The summed E-state index contributed by atoms with van der Waals surface area (Å²) in [5.41, 5.74) is 8.21. The second-order valence-electron chi connectivity index (χ2n) is 4.95. The first-order valence-electron chi connectivity index (χ1n) is 6.62. The molecule has 1 aliphatic rings. The molecule has 100 valence electrons. The van der Waals surface area contributed by atoms with E-state index in [-0.39, 0.29) is 0 Å². The summed E-state index contributed by atoms with van der Waals surface area (Å²) in [6, 6.07) is 7.10. The smallest absolute Gasteiger partial charge is 0.0381 e. The largest absolute Gasteiger partial charge is 0.369 e. The molecule has 1 aromatic rings. The number of anilines is 1. The number of nitrogens with zero attached hydrogens (tertiary/aromatic N) is 2. The molecule has 0 aromatic heterocycles. The van der Waals surface area contributed by atoms with E-state index in [2.05, 4.69) is 57.8 Å². The number of hydrogen-bond acceptors (Lipinski definition) is 3. The first-order valence-corrected chi connectivity index (χ1v) is 7.42. The summed E-state index contributed by atoms with van der Waals surface area (Å²) in [6.45, 7) is 9.60. The first kappa shape index (κ1) is 13.8. The summed E-state index contributed by atoms with van der Waals surface area (Å²) in [5, 5.41) is 0. The van der Waals surface area contributed by atoms with Crippen LogP contribution in [0.5, 0.6) is 0 Å². The molecule has 0 amide bonds. The number of nitrogens with two attached hydrogens (primary N) is 1. The van der Waals surface area contributed by atoms with Crippen molar-refractivity contribution in [2.75, 3.05) is 31.1 Å². The molecule has 1 fully saturated rings. The summed E-state index contributed by atoms with van der Waals surface area (Å²) in [7, 11) is 0. The molecule has 1 saturated heterocycles. The van der Waals surface area contributed by atoms with Crippen molar-refractivity contribution in [2.45, 2.75) is 26.4 Å². The SMILES string of the molecule is CCN1CCN(c2cc(Br)cc(CN)c2)CC1C. The molecular weight excluding hydrogens is 290 g/mol. The van der Waals surface area contributed by atoms with Crippen LogP contribution in [0, 0.1) is 0 Å². The fourth-order valence-corrected chi connectivity index (χ4v) is 3.16. The highest BCUT2D eigenvalue weighted by Crippen LogP contribution is 2.25. The number of rotatable bonds is 3. The van der Waals surface area contributed by atoms with E-state index in [0.29, 0.717) is 12.6 Å². The fraction of sp³-hybridized carbons (Fsp3) is 0.571. The average molecular weight is 312 g/mol. The Morgan fingerprint density at radius 2 is 2.11 bits per heavy atom. The number of hydrogen-bond donors (Lipinski definition) is 1. The molecule has 1 aliphatic heterocycles. The molecule has 0 bridgehead atoms. The van der Waals surface area contributed by atoms with Crippen molar-refractivity contribution in [3.8, 4) is 0 Å². The molecule has 1 aromatic carbocycles. The molecular formula is C14H22BrN3. The van der Waals surface area contributed by atoms with Crippen LogP contribution in [0.3, 0.4) is 0 Å². The molecule has 2 N–H and O–H groups in total. The Morgan fingerprint density at radius 1 is 1.33 bits per heavy atom. The third-order valence-electron chi connectivity index (χ3n) is 3.71. The van der Waals surface area contributed by atoms with Gasteiger partial charge in [-0.2, -0.15) is 0 Å². The predicted molar refractivity (Wildman–Crippen MR) is 81.0 cm³/mol. The third kappa shape index (κ3) is 3.05. The normalized spacial score (nSPS) is 21.3. The van der Waals surface area contributed by atoms with Gasteiger partial charge in [0.2, 0.25) is 0 Å². The lowest BCUT2D eigenvalue weighted by atomic mass is 10.1. The molecule has 4 heteroatoms. The molecule has 0 saturated carbocycles. The van der Waals surface area contributed by atoms with E-state index in [1.807, 2.05) is 0 Å². The lowest BCUT2D eigenvalue weighted by Crippen LogP contribution is -2.51. The highest BCUT2D eigenvalue weighted by molar-refractivity contribution is 9.10. The second kappa shape index (κ2) is 6.04. The summed E-state index contributed by atoms with van der Waals surface area (Å²) < 4.78 is 1.12. The zero-order valence-corrected chi connectivity index (χ0v) is 12.8. The average Bonchev–Trinajstić information content (AvgIpc) is 2.37. The highest BCUT2D eigenvalue weighted by atomic mass is 79.9. The van der Waals surface area contributed by atoms with Crippen LogP contribution in [-0.4, -0.2) is 37.1 Å². The van der Waals surface area contributed by atoms with E-state index in [1.165, 1.54) is 11.3 Å². The quantitative estimate of drug-likeness (QED) is 0.930. The van der Waals surface area contributed by atoms with Gasteiger partial charge in [-0.1, -0.05) is 22.9 Å². The Bertz CT molecular complexity index is 408. The van der Waals surface area contributed by atoms with E-state index in [9.17, 15) is 0 Å². The Balaban J connectivity index is 2.15. The number of benzene rings is 1. The van der Waals surface area contributed by atoms with Crippen molar-refractivity contribution in [1.82, 2.24) is 4.90 Å². The van der Waals surface area contributed by atoms with Gasteiger partial charge in [-0.25, -0.2) is 0 Å². The van der Waals surface area contributed by atoms with Crippen LogP contribution in [0.25, 0.3) is 0 Å². The zero-order valence-electron chi connectivity index (χ0n) is 11.2. The maximum atomic E-state index is 5.74. The lowest BCUT2D eigenvalue weighted by molar-refractivity contribution is 0.199. The van der Waals surface area contributed by atoms with E-state index >= 15 is 0 Å². The van der Waals surface area contributed by atoms with Crippen LogP contribution >= 0.6 is 15.9 Å². The lowest BCUT2D eigenvalue weighted by Gasteiger charge is -2.40. The fourth-order valence-electron chi connectivity index (χ4n) is 2.63. The van der Waals surface area contributed by atoms with Crippen molar-refractivity contribution in [1.29, 1.82) is 0 Å². The summed E-state index contributed by atoms with van der Waals surface area (Å²) in [4.78, 5) is 4.99. The minimum absolute atomic E-state index is 0.594. The zero-order chi connectivity index (χ0) is 13.1. The summed E-state index contributed by atoms with van der Waals surface area (Å²) >= 11 is 3.57. The van der Waals surface area contributed by atoms with Crippen LogP contribution in [0.2, 0.25) is 0 Å². The van der Waals surface area contributed by atoms with Crippen molar-refractivity contribution in [3.63, 3.8) is 0 Å². The highest BCUT2D eigenvalue weighted by Gasteiger charge is 2.22. The van der Waals surface area contributed by atoms with Gasteiger partial charge in [-0.05, 0) is 37.2 Å². The van der Waals surface area contributed by atoms with Crippen LogP contribution in [0.15, 0.2) is 22.7 Å². The summed E-state index contributed by atoms with van der Waals surface area (Å²) in [5.74, 6) is 0. The van der Waals surface area contributed by atoms with Gasteiger partial charge in [-0.3, -0.25) is 4.90 Å². The molecule has 1 atom stereocenters. The molecule has 3 nitrogen and oxygen atoms in total. The van der Waals surface area contributed by atoms with E-state index < -0.39 is 0 Å². The summed E-state index contributed by atoms with van der Waals surface area (Å²) in [6.07, 6.45) is 0. The monoisotopic (exact) mass is 311 g/mol. The van der Waals surface area contributed by atoms with Gasteiger partial charge in [0, 0.05) is 42.4 Å². The van der Waals surface area contributed by atoms with Gasteiger partial charge < -0.3 is 10.6 Å². The van der Waals surface area contributed by atoms with Gasteiger partial charge in [0.1, 0.15) is 0 Å². The van der Waals surface area contributed by atoms with Gasteiger partial charge in [0.25, 0.3) is 0 Å². The Morgan fingerprint density at radius 3 is 2.72 bits per heavy atom. The number of halogens is 1. The molecule has 0 radical (unpaired) electrons. The Labute approximate surface area is 118 Å². The molecule has 1 unspecified atom stereocenters. The first-order chi connectivity index (χ1) is 8.63. The van der Waals surface area contributed by atoms with Crippen LogP contribution in [0.4, 0.5) is 5.69 Å². The van der Waals surface area contributed by atoms with Crippen molar-refractivity contribution >= 4 is 21.6 Å². The minimum atomic E-state index is 0.594. The van der Waals surface area contributed by atoms with E-state index in [4.69, 9.17) is 5.73 Å². The third-order valence-corrected chi connectivity index (χ3v) is 4.17. The molecule has 1 heterocycles. The van der Waals surface area contributed by atoms with Crippen LogP contribution in [0.1, 0.15) is 19.4 Å². The number of piperazine rings is 1. The van der Waals surface area contributed by atoms with Crippen molar-refractivity contribution in [3.05, 3.63) is 28.2 Å². The predicted octanol–water partition coefficient (Wildman–Crippen LogP) is 2.44. The van der Waals surface area contributed by atoms with Gasteiger partial charge in [0.15, 0.2) is 0 Å². The van der Waals surface area contributed by atoms with Gasteiger partial charge >= 0.3 is 0 Å². The Kier molecular flexibility index (Phi) is 4.65. The maximum absolute atomic E-state index is 5.74. The van der Waals surface area contributed by atoms with Gasteiger partial charge in [0.05, 0.1) is 0 Å². The van der Waals surface area contributed by atoms with E-state index in [1.54, 1.807) is 0 Å². The maximum Gasteiger partial charge on any atom is 0.0381 e. The molecule has 0 aliphatic carbocycles. The van der Waals surface area contributed by atoms with Crippen LogP contribution < -0.4 is 10.6 Å². The topological polar surface area (TPSA) is 32.5 Å². The van der Waals surface area contributed by atoms with E-state index in [0.717, 1.165) is 30.7 Å². The Hall–Kier alpha value is -0.580. The molecule has 0 spiro atoms. The molecule has 18 heavy (non-hydrogen) atoms. The minimum Gasteiger partial charge on any atom is -0.369 e. The second-order valence-corrected chi connectivity index (χ2v) is 5.86. The van der Waals surface area contributed by atoms with Gasteiger partial charge in [-0.15, -0.1) is 0 Å². The van der Waals surface area contributed by atoms with Crippen LogP contribution in [-0.2, 0) is 6.54 Å².